The maximum absolute atomic E-state index is 12.8. The number of ether oxygens (including phenoxy) is 2. The minimum Gasteiger partial charge on any atom is -0.444 e. The highest BCUT2D eigenvalue weighted by Gasteiger charge is 2.55. The first-order chi connectivity index (χ1) is 9.01. The van der Waals surface area contributed by atoms with Crippen molar-refractivity contribution in [1.82, 2.24) is 4.90 Å². The summed E-state index contributed by atoms with van der Waals surface area (Å²) in [6.07, 6.45) is -4.77. The Morgan fingerprint density at radius 3 is 2.40 bits per heavy atom. The van der Waals surface area contributed by atoms with E-state index in [1.165, 1.54) is 4.90 Å². The van der Waals surface area contributed by atoms with Gasteiger partial charge in [-0.3, -0.25) is 0 Å². The largest absolute Gasteiger partial charge is 0.444 e. The molecule has 2 heterocycles. The zero-order chi connectivity index (χ0) is 15.2. The highest BCUT2D eigenvalue weighted by molar-refractivity contribution is 5.69. The van der Waals surface area contributed by atoms with Crippen LogP contribution >= 0.6 is 0 Å². The van der Waals surface area contributed by atoms with Crippen molar-refractivity contribution in [2.24, 2.45) is 5.92 Å². The van der Waals surface area contributed by atoms with E-state index in [0.717, 1.165) is 0 Å². The van der Waals surface area contributed by atoms with E-state index in [0.29, 0.717) is 0 Å². The fourth-order valence-corrected chi connectivity index (χ4v) is 2.63. The van der Waals surface area contributed by atoms with Gasteiger partial charge < -0.3 is 14.4 Å². The summed E-state index contributed by atoms with van der Waals surface area (Å²) in [5, 5.41) is 0. The molecule has 116 valence electrons. The molecule has 2 aliphatic rings. The molecule has 0 aromatic heterocycles. The number of hydrogen-bond donors (Lipinski definition) is 0. The summed E-state index contributed by atoms with van der Waals surface area (Å²) in [6.45, 7) is 5.68. The second-order valence-electron chi connectivity index (χ2n) is 6.60. The molecule has 7 heteroatoms. The Kier molecular flexibility index (Phi) is 3.69. The van der Waals surface area contributed by atoms with Crippen molar-refractivity contribution >= 4 is 6.09 Å². The molecule has 1 unspecified atom stereocenters. The standard InChI is InChI=1S/C13H20F3NO3/c1-11(2,3)20-10(18)17-7-12(8-17)6-9(4-5-19-12)13(14,15)16/h9H,4-8H2,1-3H3. The summed E-state index contributed by atoms with van der Waals surface area (Å²) in [5.74, 6) is -1.34. The van der Waals surface area contributed by atoms with Crippen molar-refractivity contribution in [2.75, 3.05) is 19.7 Å². The van der Waals surface area contributed by atoms with Gasteiger partial charge in [-0.15, -0.1) is 0 Å². The van der Waals surface area contributed by atoms with Crippen LogP contribution in [0.25, 0.3) is 0 Å². The smallest absolute Gasteiger partial charge is 0.410 e. The summed E-state index contributed by atoms with van der Waals surface area (Å²) in [5.41, 5.74) is -1.45. The predicted molar refractivity (Wildman–Crippen MR) is 65.3 cm³/mol. The van der Waals surface area contributed by atoms with Gasteiger partial charge in [0.05, 0.1) is 19.0 Å². The Hall–Kier alpha value is -0.980. The quantitative estimate of drug-likeness (QED) is 0.689. The Morgan fingerprint density at radius 2 is 1.90 bits per heavy atom. The summed E-state index contributed by atoms with van der Waals surface area (Å²) in [4.78, 5) is 13.2. The monoisotopic (exact) mass is 295 g/mol. The second-order valence-corrected chi connectivity index (χ2v) is 6.60. The van der Waals surface area contributed by atoms with E-state index in [-0.39, 0.29) is 32.5 Å². The van der Waals surface area contributed by atoms with E-state index in [9.17, 15) is 18.0 Å². The van der Waals surface area contributed by atoms with Crippen LogP contribution in [0.2, 0.25) is 0 Å². The lowest BCUT2D eigenvalue weighted by molar-refractivity contribution is -0.241. The fourth-order valence-electron chi connectivity index (χ4n) is 2.63. The maximum atomic E-state index is 12.8. The van der Waals surface area contributed by atoms with Crippen LogP contribution in [0.1, 0.15) is 33.6 Å². The lowest BCUT2D eigenvalue weighted by atomic mass is 9.80. The van der Waals surface area contributed by atoms with Crippen LogP contribution in [0.3, 0.4) is 0 Å². The molecule has 0 aromatic carbocycles. The molecule has 4 nitrogen and oxygen atoms in total. The van der Waals surface area contributed by atoms with Gasteiger partial charge in [-0.1, -0.05) is 0 Å². The summed E-state index contributed by atoms with van der Waals surface area (Å²) in [7, 11) is 0. The first-order valence-corrected chi connectivity index (χ1v) is 6.69. The lowest BCUT2D eigenvalue weighted by Gasteiger charge is -2.52. The minimum absolute atomic E-state index is 0.00229. The molecule has 2 rings (SSSR count). The molecule has 0 saturated carbocycles. The molecule has 0 bridgehead atoms. The van der Waals surface area contributed by atoms with Gasteiger partial charge in [0.1, 0.15) is 11.2 Å². The predicted octanol–water partition coefficient (Wildman–Crippen LogP) is 2.96. The molecule has 1 spiro atoms. The van der Waals surface area contributed by atoms with E-state index >= 15 is 0 Å². The number of carbonyl (C=O) groups is 1. The Labute approximate surface area is 116 Å². The van der Waals surface area contributed by atoms with Crippen LogP contribution in [0.15, 0.2) is 0 Å². The number of halogens is 3. The zero-order valence-corrected chi connectivity index (χ0v) is 11.9. The summed E-state index contributed by atoms with van der Waals surface area (Å²) in [6, 6.07) is 0. The van der Waals surface area contributed by atoms with Gasteiger partial charge >= 0.3 is 12.3 Å². The van der Waals surface area contributed by atoms with Gasteiger partial charge in [0.2, 0.25) is 0 Å². The molecule has 2 aliphatic heterocycles. The molecule has 0 aliphatic carbocycles. The van der Waals surface area contributed by atoms with Crippen LogP contribution in [0.4, 0.5) is 18.0 Å². The first kappa shape index (κ1) is 15.4. The van der Waals surface area contributed by atoms with Gasteiger partial charge in [-0.2, -0.15) is 13.2 Å². The molecular formula is C13H20F3NO3. The van der Waals surface area contributed by atoms with Crippen molar-refractivity contribution < 1.29 is 27.4 Å². The Balaban J connectivity index is 1.89. The van der Waals surface area contributed by atoms with Gasteiger partial charge in [0.25, 0.3) is 0 Å². The number of likely N-dealkylation sites (tertiary alicyclic amines) is 1. The summed E-state index contributed by atoms with van der Waals surface area (Å²) < 4.78 is 49.0. The van der Waals surface area contributed by atoms with E-state index in [4.69, 9.17) is 9.47 Å². The second kappa shape index (κ2) is 4.79. The van der Waals surface area contributed by atoms with Crippen LogP contribution in [0.5, 0.6) is 0 Å². The molecular weight excluding hydrogens is 275 g/mol. The number of nitrogens with zero attached hydrogens (tertiary/aromatic N) is 1. The van der Waals surface area contributed by atoms with Crippen LogP contribution in [-0.2, 0) is 9.47 Å². The number of carbonyl (C=O) groups excluding carboxylic acids is 1. The van der Waals surface area contributed by atoms with Crippen LogP contribution in [0, 0.1) is 5.92 Å². The normalized spacial score (nSPS) is 26.3. The highest BCUT2D eigenvalue weighted by atomic mass is 19.4. The van der Waals surface area contributed by atoms with Crippen molar-refractivity contribution in [3.63, 3.8) is 0 Å². The highest BCUT2D eigenvalue weighted by Crippen LogP contribution is 2.43. The van der Waals surface area contributed by atoms with Gasteiger partial charge in [0.15, 0.2) is 0 Å². The number of hydrogen-bond acceptors (Lipinski definition) is 3. The first-order valence-electron chi connectivity index (χ1n) is 6.69. The van der Waals surface area contributed by atoms with Crippen LogP contribution < -0.4 is 0 Å². The molecule has 2 fully saturated rings. The van der Waals surface area contributed by atoms with E-state index in [1.54, 1.807) is 20.8 Å². The molecule has 20 heavy (non-hydrogen) atoms. The zero-order valence-electron chi connectivity index (χ0n) is 11.9. The average Bonchev–Trinajstić information content (AvgIpc) is 2.22. The van der Waals surface area contributed by atoms with Gasteiger partial charge in [-0.05, 0) is 33.6 Å². The third-order valence-electron chi connectivity index (χ3n) is 3.57. The summed E-state index contributed by atoms with van der Waals surface area (Å²) >= 11 is 0. The van der Waals surface area contributed by atoms with E-state index in [1.807, 2.05) is 0 Å². The minimum atomic E-state index is -4.19. The molecule has 1 atom stereocenters. The Morgan fingerprint density at radius 1 is 1.30 bits per heavy atom. The number of rotatable bonds is 0. The molecule has 1 amide bonds. The van der Waals surface area contributed by atoms with Crippen molar-refractivity contribution in [1.29, 1.82) is 0 Å². The van der Waals surface area contributed by atoms with Crippen LogP contribution in [-0.4, -0.2) is 48.1 Å². The Bertz CT molecular complexity index is 383. The molecule has 0 radical (unpaired) electrons. The van der Waals surface area contributed by atoms with E-state index < -0.39 is 29.4 Å². The van der Waals surface area contributed by atoms with Gasteiger partial charge in [0, 0.05) is 6.61 Å². The molecule has 2 saturated heterocycles. The SMILES string of the molecule is CC(C)(C)OC(=O)N1CC2(CC(C(F)(F)F)CCO2)C1. The van der Waals surface area contributed by atoms with E-state index in [2.05, 4.69) is 0 Å². The average molecular weight is 295 g/mol. The lowest BCUT2D eigenvalue weighted by Crippen LogP contribution is -2.67. The van der Waals surface area contributed by atoms with Crippen molar-refractivity contribution in [2.45, 2.75) is 51.0 Å². The number of alkyl halides is 3. The number of amides is 1. The third-order valence-corrected chi connectivity index (χ3v) is 3.57. The topological polar surface area (TPSA) is 38.8 Å². The third kappa shape index (κ3) is 3.37. The molecule has 0 N–H and O–H groups in total. The van der Waals surface area contributed by atoms with Crippen molar-refractivity contribution in [3.05, 3.63) is 0 Å². The fraction of sp³-hybridized carbons (Fsp3) is 0.923. The van der Waals surface area contributed by atoms with Gasteiger partial charge in [-0.25, -0.2) is 4.79 Å². The maximum Gasteiger partial charge on any atom is 0.410 e. The van der Waals surface area contributed by atoms with Crippen molar-refractivity contribution in [3.8, 4) is 0 Å². The molecule has 0 aromatic rings.